The van der Waals surface area contributed by atoms with E-state index in [0.29, 0.717) is 6.92 Å². The molecule has 1 N–H and O–H groups in total. The second kappa shape index (κ2) is 9.88. The molecule has 0 spiro atoms. The Balaban J connectivity index is 1.98. The van der Waals surface area contributed by atoms with E-state index >= 15 is 4.79 Å². The van der Waals surface area contributed by atoms with Gasteiger partial charge in [0.1, 0.15) is 0 Å². The largest absolute Gasteiger partial charge is 0.457 e. The first-order valence-electron chi connectivity index (χ1n) is 31.1. The molecule has 0 radical (unpaired) electrons. The minimum Gasteiger partial charge on any atom is -0.457 e. The van der Waals surface area contributed by atoms with Gasteiger partial charge in [-0.2, -0.15) is 0 Å². The first-order valence-corrected chi connectivity index (χ1v) is 11.2. The number of carbonyl (C=O) groups is 3. The van der Waals surface area contributed by atoms with E-state index in [1.807, 2.05) is 0 Å². The highest BCUT2D eigenvalue weighted by Crippen LogP contribution is 2.70. The fraction of sp³-hybridized carbons (Fsp3) is 0.788. The average molecular weight is 594 g/mol. The zero-order valence-electron chi connectivity index (χ0n) is 59.3. The Morgan fingerprint density at radius 3 is 2.90 bits per heavy atom. The maximum absolute atomic E-state index is 16.1. The molecule has 4 saturated carbocycles. The molecule has 0 aromatic carbocycles. The van der Waals surface area contributed by atoms with Crippen molar-refractivity contribution in [1.82, 2.24) is 0 Å². The van der Waals surface area contributed by atoms with Crippen molar-refractivity contribution >= 4 is 17.5 Å². The van der Waals surface area contributed by atoms with Crippen LogP contribution >= 0.6 is 0 Å². The van der Waals surface area contributed by atoms with Gasteiger partial charge in [-0.15, -0.1) is 0 Å². The van der Waals surface area contributed by atoms with E-state index in [0.717, 1.165) is 0 Å². The lowest BCUT2D eigenvalue weighted by Gasteiger charge is -2.60. The number of carbonyl (C=O) groups excluding carboxylic acids is 3. The number of allylic oxidation sites excluding steroid dienone is 4. The fourth-order valence-corrected chi connectivity index (χ4v) is 4.83. The lowest BCUT2D eigenvalue weighted by atomic mass is 9.46. The van der Waals surface area contributed by atoms with E-state index in [9.17, 15) is 32.9 Å². The van der Waals surface area contributed by atoms with Crippen molar-refractivity contribution < 1.29 is 85.8 Å². The van der Waals surface area contributed by atoms with Crippen LogP contribution in [0.15, 0.2) is 23.3 Å². The molecule has 0 amide bonds. The smallest absolute Gasteiger partial charge is 0.308 e. The normalized spacial score (nSPS) is 83.8. The molecule has 1 heterocycles. The van der Waals surface area contributed by atoms with Gasteiger partial charge in [-0.25, -0.2) is 0 Å². The number of hydrogen-bond donors (Lipinski definition) is 1. The molecule has 5 fully saturated rings. The molecule has 0 unspecified atom stereocenters. The van der Waals surface area contributed by atoms with Gasteiger partial charge in [-0.05, 0) is 68.6 Å². The Labute approximate surface area is 293 Å². The molecule has 0 aromatic heterocycles. The van der Waals surface area contributed by atoms with Gasteiger partial charge < -0.3 is 19.3 Å². The van der Waals surface area contributed by atoms with Crippen molar-refractivity contribution in [2.45, 2.75) is 116 Å². The third-order valence-electron chi connectivity index (χ3n) is 6.69. The standard InChI is InChI=1S/C33H46O7/c1-18(2)29(37)38-17-26(36)33-27(39-30(40-33)20-9-7-6-8-10-20)14-23-22-12-11-21-13-24(34)19(3)15-31(21,4)28(22)25(35)16-32(23,33)5/h13,15,18,20,22-23,25,27-28,30,35H,6-12,14,16-17H2,1-5H3/t22-,23-,25-,27+,28+,30+,31-,32-,33+/m0/s1/i1D3,2D3,4D,5D,6D2,7D2,8D2,9D2,10D2,11D2,12D2,13D,14D2,15D,16D2,17D2,18D,20D,22D,23D,25D,27D,28D,30D,35D. The topological polar surface area (TPSA) is 99.1 Å². The van der Waals surface area contributed by atoms with Crippen LogP contribution in [0.25, 0.3) is 0 Å². The summed E-state index contributed by atoms with van der Waals surface area (Å²) in [6.07, 6.45) is -61.8. The second-order valence-electron chi connectivity index (χ2n) is 9.04. The molecule has 5 aliphatic carbocycles. The Bertz CT molecular complexity index is 2740. The molecule has 6 aliphatic rings. The fourth-order valence-electron chi connectivity index (χ4n) is 4.83. The predicted molar refractivity (Wildman–Crippen MR) is 148 cm³/mol. The van der Waals surface area contributed by atoms with Crippen molar-refractivity contribution in [3.05, 3.63) is 23.3 Å². The van der Waals surface area contributed by atoms with Gasteiger partial charge in [0.05, 0.1) is 27.6 Å². The van der Waals surface area contributed by atoms with Crippen LogP contribution in [-0.4, -0.2) is 54.7 Å². The summed E-state index contributed by atoms with van der Waals surface area (Å²) in [5.74, 6) is -34.9. The van der Waals surface area contributed by atoms with Crippen LogP contribution < -0.4 is 0 Å². The second-order valence-corrected chi connectivity index (χ2v) is 9.04. The molecule has 1 aliphatic heterocycles. The van der Waals surface area contributed by atoms with Crippen LogP contribution in [0.1, 0.15) is 144 Å². The number of fused-ring (bicyclic) bond motifs is 7. The molecule has 9 atom stereocenters. The molecule has 0 aromatic rings. The van der Waals surface area contributed by atoms with Gasteiger partial charge in [0.15, 0.2) is 24.2 Å². The number of ether oxygens (including phenoxy) is 3. The summed E-state index contributed by atoms with van der Waals surface area (Å²) in [5, 5.41) is 4.53. The van der Waals surface area contributed by atoms with Crippen LogP contribution in [0, 0.1) is 40.3 Å². The van der Waals surface area contributed by atoms with Crippen LogP contribution in [-0.2, 0) is 28.6 Å². The van der Waals surface area contributed by atoms with E-state index < -0.39 is 197 Å². The lowest BCUT2D eigenvalue weighted by molar-refractivity contribution is -0.210. The third kappa shape index (κ3) is 3.97. The van der Waals surface area contributed by atoms with Gasteiger partial charge in [0.25, 0.3) is 0 Å². The van der Waals surface area contributed by atoms with E-state index in [1.54, 1.807) is 0 Å². The Hall–Kier alpha value is -1.83. The number of aliphatic hydroxyl groups is 1. The van der Waals surface area contributed by atoms with E-state index in [1.165, 1.54) is 0 Å². The van der Waals surface area contributed by atoms with Gasteiger partial charge in [0.2, 0.25) is 7.21 Å². The number of ketones is 2. The first kappa shape index (κ1) is 7.81. The number of hydrogen-bond acceptors (Lipinski definition) is 7. The number of esters is 1. The first-order chi connectivity index (χ1) is 34.4. The highest BCUT2D eigenvalue weighted by Gasteiger charge is 2.76. The maximum atomic E-state index is 16.1. The highest BCUT2D eigenvalue weighted by molar-refractivity contribution is 6.05. The van der Waals surface area contributed by atoms with Crippen LogP contribution in [0.2, 0.25) is 0 Å². The summed E-state index contributed by atoms with van der Waals surface area (Å²) in [7, 11) is 0. The zero-order chi connectivity index (χ0) is 62.8. The Morgan fingerprint density at radius 1 is 1.35 bits per heavy atom. The summed E-state index contributed by atoms with van der Waals surface area (Å²) < 4.78 is 365. The molecule has 0 bridgehead atoms. The van der Waals surface area contributed by atoms with Crippen molar-refractivity contribution in [3.8, 4) is 0 Å². The number of rotatable bonds is 6. The molecule has 40 heavy (non-hydrogen) atoms. The van der Waals surface area contributed by atoms with Gasteiger partial charge in [0, 0.05) is 65.1 Å². The summed E-state index contributed by atoms with van der Waals surface area (Å²) in [6.45, 7) is -19.0. The summed E-state index contributed by atoms with van der Waals surface area (Å²) >= 11 is 0. The molecular formula is C33H46O7. The van der Waals surface area contributed by atoms with Crippen LogP contribution in [0.3, 0.4) is 0 Å². The van der Waals surface area contributed by atoms with Crippen molar-refractivity contribution in [2.24, 2.45) is 40.3 Å². The van der Waals surface area contributed by atoms with Gasteiger partial charge >= 0.3 is 5.97 Å². The van der Waals surface area contributed by atoms with Crippen LogP contribution in [0.4, 0.5) is 0 Å². The molecule has 7 nitrogen and oxygen atoms in total. The molecule has 1 saturated heterocycles. The maximum Gasteiger partial charge on any atom is 0.308 e. The van der Waals surface area contributed by atoms with E-state index in [4.69, 9.17) is 39.7 Å². The monoisotopic (exact) mass is 594 g/mol. The minimum atomic E-state index is -5.82. The van der Waals surface area contributed by atoms with Crippen LogP contribution in [0.5, 0.6) is 0 Å². The van der Waals surface area contributed by atoms with Crippen molar-refractivity contribution in [2.75, 3.05) is 6.56 Å². The predicted octanol–water partition coefficient (Wildman–Crippen LogP) is 5.09. The Kier molecular flexibility index (Phi) is 1.93. The minimum absolute atomic E-state index is 0.612. The van der Waals surface area contributed by atoms with Crippen molar-refractivity contribution in [3.63, 3.8) is 0 Å². The van der Waals surface area contributed by atoms with Gasteiger partial charge in [-0.3, -0.25) is 14.4 Å². The van der Waals surface area contributed by atoms with E-state index in [2.05, 4.69) is 9.85 Å². The quantitative estimate of drug-likeness (QED) is 0.428. The zero-order valence-corrected chi connectivity index (χ0v) is 20.3. The highest BCUT2D eigenvalue weighted by atomic mass is 16.7. The molecule has 220 valence electrons. The van der Waals surface area contributed by atoms with E-state index in [-0.39, 0.29) is 0 Å². The average Bonchev–Trinajstić information content (AvgIpc) is 3.60. The molecule has 6 rings (SSSR count). The summed E-state index contributed by atoms with van der Waals surface area (Å²) in [6, 6.07) is -3.56. The lowest BCUT2D eigenvalue weighted by Crippen LogP contribution is -2.64. The molecular weight excluding hydrogens is 508 g/mol. The third-order valence-corrected chi connectivity index (χ3v) is 6.69. The summed E-state index contributed by atoms with van der Waals surface area (Å²) in [5.41, 5.74) is -18.5. The Morgan fingerprint density at radius 2 is 2.17 bits per heavy atom. The molecule has 7 heteroatoms. The SMILES string of the molecule is [2H]C[C@]12C([2H])=C(C)C(=O)C([2H])=C1C([2H])([2H])C([2H])([2H])[C@@]1([2H])[C@]3([2H])C([2H])([2H])[C@@]4([2H])O[C@@]([2H])(C5([2H])C([2H])([2H])C([2H])([2H])C([2H])([2H])C([2H])([2H])C5([2H])[2H])O[C@@]4(C(=O)C([2H])([2H])OC(=O)C([2H])(C([2H])([2H])[2H])C([2H])([2H])[2H])[C@@]3(C[2H])C([2H])([2H])[C@]([2H])(O[2H])[C@]21[2H]. The van der Waals surface area contributed by atoms with Gasteiger partial charge in [-0.1, -0.05) is 58.2 Å². The van der Waals surface area contributed by atoms with Crippen molar-refractivity contribution in [1.29, 1.82) is 1.43 Å². The number of Topliss-reactive ketones (excluding diaryl/α,β-unsaturated/α-hetero) is 1. The summed E-state index contributed by atoms with van der Waals surface area (Å²) in [4.78, 5) is 43.5.